The highest BCUT2D eigenvalue weighted by atomic mass is 16.5. The molecule has 210 valence electrons. The van der Waals surface area contributed by atoms with Crippen LogP contribution in [0.1, 0.15) is 84.3 Å². The smallest absolute Gasteiger partial charge is 0.204 e. The Bertz CT molecular complexity index is 1030. The lowest BCUT2D eigenvalue weighted by atomic mass is 9.86. The second-order valence-corrected chi connectivity index (χ2v) is 10.0. The number of benzene rings is 2. The van der Waals surface area contributed by atoms with Crippen molar-refractivity contribution in [1.82, 2.24) is 0 Å². The first-order valence-corrected chi connectivity index (χ1v) is 13.2. The minimum Gasteiger partial charge on any atom is -0.497 e. The minimum atomic E-state index is -0.0223. The molecular weight excluding hydrogens is 480 g/mol. The molecule has 2 aromatic rings. The van der Waals surface area contributed by atoms with E-state index < -0.39 is 0 Å². The molecule has 0 atom stereocenters. The van der Waals surface area contributed by atoms with E-state index in [0.29, 0.717) is 17.2 Å². The molecule has 3 N–H and O–H groups in total. The van der Waals surface area contributed by atoms with Crippen molar-refractivity contribution in [3.63, 3.8) is 0 Å². The van der Waals surface area contributed by atoms with E-state index in [4.69, 9.17) is 24.5 Å². The maximum Gasteiger partial charge on any atom is 0.204 e. The zero-order valence-corrected chi connectivity index (χ0v) is 24.2. The van der Waals surface area contributed by atoms with E-state index in [1.807, 2.05) is 31.2 Å². The van der Waals surface area contributed by atoms with Gasteiger partial charge < -0.3 is 19.9 Å². The van der Waals surface area contributed by atoms with Crippen LogP contribution >= 0.6 is 0 Å². The molecule has 0 heterocycles. The van der Waals surface area contributed by atoms with E-state index in [-0.39, 0.29) is 11.8 Å². The van der Waals surface area contributed by atoms with Gasteiger partial charge in [0.2, 0.25) is 6.41 Å². The van der Waals surface area contributed by atoms with Crippen LogP contribution in [0.4, 0.5) is 5.69 Å². The highest BCUT2D eigenvalue weighted by Crippen LogP contribution is 2.35. The fourth-order valence-corrected chi connectivity index (χ4v) is 3.88. The number of nitrogens with two attached hydrogens (primary N) is 1. The molecule has 2 rings (SSSR count). The summed E-state index contributed by atoms with van der Waals surface area (Å²) in [6, 6.07) is 11.8. The highest BCUT2D eigenvalue weighted by molar-refractivity contribution is 5.68. The molecule has 8 heteroatoms. The van der Waals surface area contributed by atoms with Gasteiger partial charge in [-0.15, -0.1) is 0 Å². The van der Waals surface area contributed by atoms with Crippen LogP contribution in [0.2, 0.25) is 0 Å². The Morgan fingerprint density at radius 3 is 2.24 bits per heavy atom. The number of rotatable bonds is 14. The third kappa shape index (κ3) is 10.8. The maximum atomic E-state index is 8.58. The fourth-order valence-electron chi connectivity index (χ4n) is 3.88. The topological polar surface area (TPSA) is 110 Å². The van der Waals surface area contributed by atoms with Crippen molar-refractivity contribution in [2.24, 2.45) is 11.0 Å². The van der Waals surface area contributed by atoms with Crippen molar-refractivity contribution < 1.29 is 19.0 Å². The summed E-state index contributed by atoms with van der Waals surface area (Å²) in [7, 11) is 3.22. The minimum absolute atomic E-state index is 0.0223. The summed E-state index contributed by atoms with van der Waals surface area (Å²) in [6.45, 7) is 11.5. The van der Waals surface area contributed by atoms with Gasteiger partial charge in [0.05, 0.1) is 20.8 Å². The molecule has 0 unspecified atom stereocenters. The molecule has 0 bridgehead atoms. The van der Waals surface area contributed by atoms with Crippen LogP contribution in [0, 0.1) is 5.53 Å². The molecule has 38 heavy (non-hydrogen) atoms. The van der Waals surface area contributed by atoms with Crippen molar-refractivity contribution in [2.75, 3.05) is 25.8 Å². The van der Waals surface area contributed by atoms with Crippen molar-refractivity contribution in [1.29, 1.82) is 5.53 Å². The number of nitrogens with one attached hydrogen (secondary N) is 1. The molecular formula is C30H46N4O4. The summed E-state index contributed by atoms with van der Waals surface area (Å²) < 4.78 is 17.0. The number of primary amides is 1. The molecule has 0 aromatic heterocycles. The molecule has 0 aliphatic rings. The van der Waals surface area contributed by atoms with E-state index in [1.54, 1.807) is 19.2 Å². The Morgan fingerprint density at radius 2 is 1.66 bits per heavy atom. The van der Waals surface area contributed by atoms with Crippen LogP contribution in [-0.2, 0) is 10.2 Å². The van der Waals surface area contributed by atoms with Crippen molar-refractivity contribution in [3.05, 3.63) is 53.2 Å². The van der Waals surface area contributed by atoms with Crippen LogP contribution < -0.4 is 25.0 Å². The molecule has 0 radical (unpaired) electrons. The first-order chi connectivity index (χ1) is 18.1. The second-order valence-electron chi connectivity index (χ2n) is 10.0. The quantitative estimate of drug-likeness (QED) is 0.114. The van der Waals surface area contributed by atoms with Crippen LogP contribution in [0.15, 0.2) is 47.3 Å². The average molecular weight is 527 g/mol. The van der Waals surface area contributed by atoms with E-state index in [1.165, 1.54) is 37.7 Å². The van der Waals surface area contributed by atoms with Gasteiger partial charge in [0.15, 0.2) is 0 Å². The van der Waals surface area contributed by atoms with E-state index in [9.17, 15) is 0 Å². The number of nitrogens with zero attached hydrogens (tertiary/aromatic N) is 2. The van der Waals surface area contributed by atoms with Crippen LogP contribution in [0.25, 0.3) is 6.08 Å². The van der Waals surface area contributed by atoms with Crippen LogP contribution in [0.5, 0.6) is 17.2 Å². The Kier molecular flexibility index (Phi) is 14.6. The first-order valence-electron chi connectivity index (χ1n) is 13.2. The third-order valence-electron chi connectivity index (χ3n) is 5.99. The third-order valence-corrected chi connectivity index (χ3v) is 5.99. The zero-order valence-electron chi connectivity index (χ0n) is 24.2. The summed E-state index contributed by atoms with van der Waals surface area (Å²) in [4.78, 5) is 8.58. The normalized spacial score (nSPS) is 11.2. The summed E-state index contributed by atoms with van der Waals surface area (Å²) in [5.74, 6) is 2.15. The number of carbonyl (C=O) groups excluding carboxylic acids is 1. The van der Waals surface area contributed by atoms with Gasteiger partial charge in [-0.1, -0.05) is 71.1 Å². The Balaban J connectivity index is 0.00000229. The lowest BCUT2D eigenvalue weighted by Gasteiger charge is -2.23. The molecule has 0 saturated heterocycles. The maximum absolute atomic E-state index is 8.58. The highest BCUT2D eigenvalue weighted by Gasteiger charge is 2.18. The number of allylic oxidation sites excluding steroid dienone is 1. The lowest BCUT2D eigenvalue weighted by Crippen LogP contribution is -2.14. The fraction of sp³-hybridized carbons (Fsp3) is 0.500. The molecule has 0 fully saturated rings. The van der Waals surface area contributed by atoms with Gasteiger partial charge in [0.1, 0.15) is 22.9 Å². The predicted octanol–water partition coefficient (Wildman–Crippen LogP) is 7.66. The SMILES string of the molecule is CCCCCCCCOc1cc(/C=C(\C)N(N=N)c2cc(OC)ccc2OC)cc(C(C)(C)C)c1.NC=O. The number of ether oxygens (including phenoxy) is 3. The second kappa shape index (κ2) is 17.1. The van der Waals surface area contributed by atoms with Gasteiger partial charge in [-0.05, 0) is 60.2 Å². The number of hydrogen-bond donors (Lipinski definition) is 2. The van der Waals surface area contributed by atoms with Gasteiger partial charge in [-0.2, -0.15) is 5.53 Å². The zero-order chi connectivity index (χ0) is 28.6. The van der Waals surface area contributed by atoms with Gasteiger partial charge in [-0.25, -0.2) is 5.01 Å². The van der Waals surface area contributed by atoms with Crippen molar-refractivity contribution in [2.45, 2.75) is 78.6 Å². The van der Waals surface area contributed by atoms with Gasteiger partial charge in [0, 0.05) is 11.8 Å². The van der Waals surface area contributed by atoms with Gasteiger partial charge in [-0.3, -0.25) is 4.79 Å². The first kappa shape index (κ1) is 32.5. The van der Waals surface area contributed by atoms with Crippen molar-refractivity contribution in [3.8, 4) is 17.2 Å². The summed E-state index contributed by atoms with van der Waals surface area (Å²) in [5.41, 5.74) is 15.6. The molecule has 8 nitrogen and oxygen atoms in total. The van der Waals surface area contributed by atoms with E-state index in [2.05, 4.69) is 56.9 Å². The summed E-state index contributed by atoms with van der Waals surface area (Å²) >= 11 is 0. The molecule has 0 aliphatic heterocycles. The molecule has 0 saturated carbocycles. The van der Waals surface area contributed by atoms with Gasteiger partial charge >= 0.3 is 0 Å². The number of amides is 1. The number of hydrogen-bond acceptors (Lipinski definition) is 6. The summed E-state index contributed by atoms with van der Waals surface area (Å²) in [6.07, 6.45) is 9.69. The predicted molar refractivity (Wildman–Crippen MR) is 155 cm³/mol. The molecule has 0 aliphatic carbocycles. The lowest BCUT2D eigenvalue weighted by molar-refractivity contribution is -0.106. The standard InChI is InChI=1S/C29H43N3O3.CH3NO/c1-8-9-10-11-12-13-16-35-26-19-23(18-24(20-26)29(3,4)5)17-22(2)32(31-30)27-21-25(33-6)14-15-28(27)34-7;2-1-3/h14-15,17-21,30H,8-13,16H2,1-7H3;1H,(H2,2,3)/b22-17+,31-30?;. The van der Waals surface area contributed by atoms with Gasteiger partial charge in [0.25, 0.3) is 0 Å². The average Bonchev–Trinajstić information content (AvgIpc) is 2.88. The Labute approximate surface area is 228 Å². The van der Waals surface area contributed by atoms with Crippen LogP contribution in [-0.4, -0.2) is 27.2 Å². The van der Waals surface area contributed by atoms with E-state index >= 15 is 0 Å². The van der Waals surface area contributed by atoms with E-state index in [0.717, 1.165) is 30.0 Å². The molecule has 1 amide bonds. The Morgan fingerprint density at radius 1 is 1.00 bits per heavy atom. The molecule has 2 aromatic carbocycles. The number of methoxy groups -OCH3 is 2. The van der Waals surface area contributed by atoms with Crippen molar-refractivity contribution >= 4 is 18.2 Å². The number of anilines is 1. The monoisotopic (exact) mass is 526 g/mol. The van der Waals surface area contributed by atoms with Crippen LogP contribution in [0.3, 0.4) is 0 Å². The Hall–Kier alpha value is -3.55. The number of carbonyl (C=O) groups is 1. The molecule has 0 spiro atoms. The summed E-state index contributed by atoms with van der Waals surface area (Å²) in [5, 5.41) is 5.32. The largest absolute Gasteiger partial charge is 0.497 e. The number of unbranched alkanes of at least 4 members (excludes halogenated alkanes) is 5.